The summed E-state index contributed by atoms with van der Waals surface area (Å²) >= 11 is 5.65. The summed E-state index contributed by atoms with van der Waals surface area (Å²) in [4.78, 5) is 3.06. The molecular weight excluding hydrogens is 320 g/mol. The Balaban J connectivity index is 2.12. The Labute approximate surface area is 127 Å². The second-order valence-corrected chi connectivity index (χ2v) is 6.87. The van der Waals surface area contributed by atoms with E-state index in [0.29, 0.717) is 0 Å². The average Bonchev–Trinajstić information content (AvgIpc) is 2.87. The number of hydrogen-bond acceptors (Lipinski definition) is 2. The fraction of sp³-hybridized carbons (Fsp3) is 0.375. The van der Waals surface area contributed by atoms with Crippen molar-refractivity contribution in [2.45, 2.75) is 38.1 Å². The van der Waals surface area contributed by atoms with Gasteiger partial charge in [0.05, 0.1) is 10.9 Å². The van der Waals surface area contributed by atoms with Crippen LogP contribution in [-0.2, 0) is 6.42 Å². The third-order valence-corrected chi connectivity index (χ3v) is 5.44. The highest BCUT2D eigenvalue weighted by molar-refractivity contribution is 9.09. The summed E-state index contributed by atoms with van der Waals surface area (Å²) in [5, 5.41) is 0. The molecular formula is C16H19BrOS. The third kappa shape index (κ3) is 3.83. The molecule has 0 aliphatic rings. The molecule has 1 unspecified atom stereocenters. The molecule has 0 spiro atoms. The van der Waals surface area contributed by atoms with E-state index in [4.69, 9.17) is 4.74 Å². The first-order valence-corrected chi connectivity index (χ1v) is 8.32. The third-order valence-electron chi connectivity index (χ3n) is 2.83. The van der Waals surface area contributed by atoms with Crippen LogP contribution in [0.2, 0.25) is 0 Å². The summed E-state index contributed by atoms with van der Waals surface area (Å²) in [5.74, 6) is 0.930. The first-order chi connectivity index (χ1) is 9.10. The van der Waals surface area contributed by atoms with Gasteiger partial charge in [-0.1, -0.05) is 35.0 Å². The molecule has 1 aromatic carbocycles. The Kier molecular flexibility index (Phi) is 5.06. The van der Waals surface area contributed by atoms with Crippen molar-refractivity contribution >= 4 is 27.3 Å². The second-order valence-electron chi connectivity index (χ2n) is 4.76. The maximum absolute atomic E-state index is 5.66. The quantitative estimate of drug-likeness (QED) is 0.646. The first-order valence-electron chi connectivity index (χ1n) is 6.59. The van der Waals surface area contributed by atoms with Crippen LogP contribution < -0.4 is 4.74 Å². The molecule has 3 heteroatoms. The summed E-state index contributed by atoms with van der Waals surface area (Å²) < 4.78 is 5.66. The van der Waals surface area contributed by atoms with E-state index in [1.165, 1.54) is 15.3 Å². The van der Waals surface area contributed by atoms with Crippen LogP contribution in [0.5, 0.6) is 5.75 Å². The van der Waals surface area contributed by atoms with Gasteiger partial charge in [-0.2, -0.15) is 0 Å². The van der Waals surface area contributed by atoms with Gasteiger partial charge >= 0.3 is 0 Å². The highest BCUT2D eigenvalue weighted by atomic mass is 79.9. The molecule has 19 heavy (non-hydrogen) atoms. The van der Waals surface area contributed by atoms with Gasteiger partial charge in [0.1, 0.15) is 5.75 Å². The number of thiophene rings is 1. The van der Waals surface area contributed by atoms with E-state index in [1.54, 1.807) is 0 Å². The zero-order chi connectivity index (χ0) is 13.8. The van der Waals surface area contributed by atoms with Crippen molar-refractivity contribution in [2.24, 2.45) is 0 Å². The lowest BCUT2D eigenvalue weighted by Gasteiger charge is -2.12. The topological polar surface area (TPSA) is 9.23 Å². The summed E-state index contributed by atoms with van der Waals surface area (Å²) in [5.41, 5.74) is 1.26. The largest absolute Gasteiger partial charge is 0.491 e. The molecule has 0 radical (unpaired) electrons. The predicted molar refractivity (Wildman–Crippen MR) is 86.7 cm³/mol. The molecule has 0 saturated carbocycles. The predicted octanol–water partition coefficient (Wildman–Crippen LogP) is 5.58. The van der Waals surface area contributed by atoms with Gasteiger partial charge in [0.2, 0.25) is 0 Å². The highest BCUT2D eigenvalue weighted by Gasteiger charge is 2.12. The van der Waals surface area contributed by atoms with Crippen molar-refractivity contribution in [1.29, 1.82) is 0 Å². The average molecular weight is 339 g/mol. The number of hydrogen-bond donors (Lipinski definition) is 0. The van der Waals surface area contributed by atoms with Gasteiger partial charge in [0.15, 0.2) is 0 Å². The molecule has 102 valence electrons. The van der Waals surface area contributed by atoms with Crippen LogP contribution in [0.15, 0.2) is 36.4 Å². The second kappa shape index (κ2) is 6.58. The van der Waals surface area contributed by atoms with Crippen molar-refractivity contribution in [3.8, 4) is 5.75 Å². The van der Waals surface area contributed by atoms with Crippen molar-refractivity contribution in [1.82, 2.24) is 0 Å². The number of rotatable bonds is 5. The molecule has 2 rings (SSSR count). The Morgan fingerprint density at radius 1 is 1.11 bits per heavy atom. The van der Waals surface area contributed by atoms with Crippen molar-refractivity contribution in [2.75, 3.05) is 0 Å². The van der Waals surface area contributed by atoms with Crippen LogP contribution in [-0.4, -0.2) is 6.10 Å². The normalized spacial score (nSPS) is 12.7. The lowest BCUT2D eigenvalue weighted by atomic mass is 10.1. The van der Waals surface area contributed by atoms with E-state index < -0.39 is 0 Å². The summed E-state index contributed by atoms with van der Waals surface area (Å²) in [6.45, 7) is 6.27. The number of aryl methyl sites for hydroxylation is 1. The monoisotopic (exact) mass is 338 g/mol. The molecule has 1 nitrogen and oxygen atoms in total. The van der Waals surface area contributed by atoms with E-state index in [-0.39, 0.29) is 10.9 Å². The van der Waals surface area contributed by atoms with E-state index >= 15 is 0 Å². The fourth-order valence-electron chi connectivity index (χ4n) is 1.87. The zero-order valence-electron chi connectivity index (χ0n) is 11.5. The van der Waals surface area contributed by atoms with Crippen LogP contribution in [0, 0.1) is 0 Å². The Hall–Kier alpha value is -0.800. The van der Waals surface area contributed by atoms with E-state index in [2.05, 4.69) is 47.1 Å². The van der Waals surface area contributed by atoms with Crippen LogP contribution in [0.25, 0.3) is 0 Å². The fourth-order valence-corrected chi connectivity index (χ4v) is 3.57. The molecule has 1 heterocycles. The molecule has 0 aliphatic heterocycles. The van der Waals surface area contributed by atoms with Gasteiger partial charge in [-0.05, 0) is 50.1 Å². The maximum Gasteiger partial charge on any atom is 0.119 e. The van der Waals surface area contributed by atoms with Crippen LogP contribution in [0.4, 0.5) is 0 Å². The smallest absolute Gasteiger partial charge is 0.119 e. The van der Waals surface area contributed by atoms with E-state index in [1.807, 2.05) is 37.3 Å². The van der Waals surface area contributed by atoms with Crippen molar-refractivity contribution < 1.29 is 4.74 Å². The highest BCUT2D eigenvalue weighted by Crippen LogP contribution is 2.36. The maximum atomic E-state index is 5.66. The van der Waals surface area contributed by atoms with Crippen LogP contribution in [0.3, 0.4) is 0 Å². The molecule has 1 atom stereocenters. The molecule has 0 aliphatic carbocycles. The molecule has 0 bridgehead atoms. The van der Waals surface area contributed by atoms with E-state index in [9.17, 15) is 0 Å². The van der Waals surface area contributed by atoms with Gasteiger partial charge in [-0.15, -0.1) is 11.3 Å². The Bertz CT molecular complexity index is 516. The Morgan fingerprint density at radius 2 is 1.79 bits per heavy atom. The van der Waals surface area contributed by atoms with Gasteiger partial charge < -0.3 is 4.74 Å². The lowest BCUT2D eigenvalue weighted by Crippen LogP contribution is -2.05. The first kappa shape index (κ1) is 14.6. The lowest BCUT2D eigenvalue weighted by molar-refractivity contribution is 0.242. The summed E-state index contributed by atoms with van der Waals surface area (Å²) in [6.07, 6.45) is 1.32. The van der Waals surface area contributed by atoms with Crippen molar-refractivity contribution in [3.63, 3.8) is 0 Å². The molecule has 2 aromatic rings. The van der Waals surface area contributed by atoms with Gasteiger partial charge in [0.25, 0.3) is 0 Å². The van der Waals surface area contributed by atoms with Gasteiger partial charge in [0, 0.05) is 9.75 Å². The molecule has 0 fully saturated rings. The molecule has 0 N–H and O–H groups in total. The minimum atomic E-state index is 0.218. The number of alkyl halides is 1. The summed E-state index contributed by atoms with van der Waals surface area (Å²) in [6, 6.07) is 12.8. The summed E-state index contributed by atoms with van der Waals surface area (Å²) in [7, 11) is 0. The SMILES string of the molecule is CCc1ccc(C(Br)c2ccc(OC(C)C)cc2)s1. The minimum absolute atomic E-state index is 0.218. The van der Waals surface area contributed by atoms with Gasteiger partial charge in [-0.25, -0.2) is 0 Å². The Morgan fingerprint density at radius 3 is 2.32 bits per heavy atom. The zero-order valence-corrected chi connectivity index (χ0v) is 13.9. The van der Waals surface area contributed by atoms with Crippen LogP contribution >= 0.6 is 27.3 Å². The number of halogens is 1. The van der Waals surface area contributed by atoms with Crippen molar-refractivity contribution in [3.05, 3.63) is 51.7 Å². The minimum Gasteiger partial charge on any atom is -0.491 e. The molecule has 0 amide bonds. The van der Waals surface area contributed by atoms with E-state index in [0.717, 1.165) is 12.2 Å². The van der Waals surface area contributed by atoms with Crippen LogP contribution in [0.1, 0.15) is 40.9 Å². The van der Waals surface area contributed by atoms with Gasteiger partial charge in [-0.3, -0.25) is 0 Å². The standard InChI is InChI=1S/C16H19BrOS/c1-4-14-9-10-15(19-14)16(17)12-5-7-13(8-6-12)18-11(2)3/h5-11,16H,4H2,1-3H3. The molecule has 1 aromatic heterocycles. The number of benzene rings is 1. The number of ether oxygens (including phenoxy) is 1. The molecule has 0 saturated heterocycles.